The van der Waals surface area contributed by atoms with E-state index >= 15 is 0 Å². The number of fused-ring (bicyclic) bond motifs is 1. The first kappa shape index (κ1) is 15.4. The Hall–Kier alpha value is -2.99. The second kappa shape index (κ2) is 5.79. The van der Waals surface area contributed by atoms with Gasteiger partial charge in [-0.1, -0.05) is 0 Å². The predicted octanol–water partition coefficient (Wildman–Crippen LogP) is 2.06. The van der Waals surface area contributed by atoms with E-state index in [4.69, 9.17) is 15.3 Å². The number of hydrogen-bond acceptors (Lipinski definition) is 4. The molecule has 0 spiro atoms. The fraction of sp³-hybridized carbons (Fsp3) is 0.312. The highest BCUT2D eigenvalue weighted by Crippen LogP contribution is 2.35. The zero-order valence-electron chi connectivity index (χ0n) is 13.0. The van der Waals surface area contributed by atoms with E-state index in [1.807, 2.05) is 19.9 Å². The molecule has 112 valence electrons. The van der Waals surface area contributed by atoms with Gasteiger partial charge < -0.3 is 15.0 Å². The summed E-state index contributed by atoms with van der Waals surface area (Å²) in [7, 11) is 3.58. The van der Waals surface area contributed by atoms with E-state index in [2.05, 4.69) is 16.4 Å². The molecule has 0 fully saturated rings. The summed E-state index contributed by atoms with van der Waals surface area (Å²) in [5.41, 5.74) is 1.56. The highest BCUT2D eigenvalue weighted by Gasteiger charge is 2.27. The van der Waals surface area contributed by atoms with Crippen LogP contribution >= 0.6 is 0 Å². The van der Waals surface area contributed by atoms with Gasteiger partial charge >= 0.3 is 0 Å². The fourth-order valence-electron chi connectivity index (χ4n) is 2.15. The van der Waals surface area contributed by atoms with E-state index in [0.29, 0.717) is 17.3 Å². The topological polar surface area (TPSA) is 84.4 Å². The second-order valence-corrected chi connectivity index (χ2v) is 5.64. The monoisotopic (exact) mass is 295 g/mol. The lowest BCUT2D eigenvalue weighted by molar-refractivity contribution is 0.157. The molecule has 1 aliphatic rings. The molecular formula is C16H17N5O. The van der Waals surface area contributed by atoms with Crippen LogP contribution in [0.4, 0.5) is 0 Å². The first-order valence-corrected chi connectivity index (χ1v) is 6.74. The quantitative estimate of drug-likeness (QED) is 0.487. The molecule has 0 amide bonds. The van der Waals surface area contributed by atoms with Gasteiger partial charge in [0.25, 0.3) is 0 Å². The molecule has 0 aliphatic carbocycles. The summed E-state index contributed by atoms with van der Waals surface area (Å²) in [6, 6.07) is 7.36. The number of benzene rings is 1. The van der Waals surface area contributed by atoms with Crippen LogP contribution in [0.15, 0.2) is 29.3 Å². The number of rotatable bonds is 1. The second-order valence-electron chi connectivity index (χ2n) is 5.64. The van der Waals surface area contributed by atoms with Crippen molar-refractivity contribution < 1.29 is 4.74 Å². The molecule has 0 bridgehead atoms. The minimum absolute atomic E-state index is 0.416. The number of aliphatic imine (C=N–C) groups is 1. The molecule has 6 nitrogen and oxygen atoms in total. The summed E-state index contributed by atoms with van der Waals surface area (Å²) in [5, 5.41) is 21.0. The molecular weight excluding hydrogens is 278 g/mol. The lowest BCUT2D eigenvalue weighted by Gasteiger charge is -2.32. The summed E-state index contributed by atoms with van der Waals surface area (Å²) in [5.74, 6) is 1.10. The Kier molecular flexibility index (Phi) is 4.05. The number of nitrogens with one attached hydrogen (secondary N) is 1. The number of guanidine groups is 1. The number of nitrogens with zero attached hydrogens (tertiary/aromatic N) is 4. The van der Waals surface area contributed by atoms with Gasteiger partial charge in [-0.3, -0.25) is 0 Å². The Morgan fingerprint density at radius 3 is 2.64 bits per heavy atom. The standard InChI is InChI=1S/C16H17N5O/c1-16(2)8-13(20-15(19-10-18)21(3)4)12-7-11(9-17)5-6-14(12)22-16/h5-8H,1-4H3,(H,19,20). The van der Waals surface area contributed by atoms with Crippen LogP contribution < -0.4 is 10.1 Å². The average Bonchev–Trinajstić information content (AvgIpc) is 2.45. The van der Waals surface area contributed by atoms with Crippen LogP contribution in [0.2, 0.25) is 0 Å². The lowest BCUT2D eigenvalue weighted by Crippen LogP contribution is -2.38. The minimum Gasteiger partial charge on any atom is -0.483 e. The van der Waals surface area contributed by atoms with Crippen LogP contribution in [-0.2, 0) is 0 Å². The Labute approximate surface area is 129 Å². The maximum Gasteiger partial charge on any atom is 0.213 e. The van der Waals surface area contributed by atoms with Crippen molar-refractivity contribution in [1.29, 1.82) is 10.5 Å². The summed E-state index contributed by atoms with van der Waals surface area (Å²) >= 11 is 0. The molecule has 1 aliphatic heterocycles. The Morgan fingerprint density at radius 1 is 1.32 bits per heavy atom. The van der Waals surface area contributed by atoms with Gasteiger partial charge in [-0.05, 0) is 38.1 Å². The average molecular weight is 295 g/mol. The van der Waals surface area contributed by atoms with Gasteiger partial charge in [0, 0.05) is 19.7 Å². The van der Waals surface area contributed by atoms with Crippen LogP contribution in [0, 0.1) is 22.8 Å². The first-order valence-electron chi connectivity index (χ1n) is 6.74. The van der Waals surface area contributed by atoms with Crippen LogP contribution in [0.5, 0.6) is 5.75 Å². The predicted molar refractivity (Wildman–Crippen MR) is 83.7 cm³/mol. The molecule has 2 rings (SSSR count). The molecule has 1 aromatic carbocycles. The van der Waals surface area contributed by atoms with Crippen molar-refractivity contribution >= 4 is 11.7 Å². The van der Waals surface area contributed by atoms with Crippen LogP contribution in [0.1, 0.15) is 25.0 Å². The minimum atomic E-state index is -0.506. The normalized spacial score (nSPS) is 15.5. The molecule has 1 aromatic rings. The summed E-state index contributed by atoms with van der Waals surface area (Å²) in [6.07, 6.45) is 3.69. The van der Waals surface area contributed by atoms with E-state index in [1.54, 1.807) is 43.4 Å². The Morgan fingerprint density at radius 2 is 2.05 bits per heavy atom. The zero-order valence-corrected chi connectivity index (χ0v) is 13.0. The van der Waals surface area contributed by atoms with E-state index in [1.165, 1.54) is 0 Å². The fourth-order valence-corrected chi connectivity index (χ4v) is 2.15. The molecule has 22 heavy (non-hydrogen) atoms. The third-order valence-corrected chi connectivity index (χ3v) is 3.09. The van der Waals surface area contributed by atoms with E-state index in [9.17, 15) is 0 Å². The molecule has 0 radical (unpaired) electrons. The zero-order chi connectivity index (χ0) is 16.3. The molecule has 1 N–H and O–H groups in total. The van der Waals surface area contributed by atoms with Gasteiger partial charge in [0.05, 0.1) is 17.3 Å². The van der Waals surface area contributed by atoms with E-state index in [0.717, 1.165) is 11.3 Å². The highest BCUT2D eigenvalue weighted by molar-refractivity contribution is 5.91. The van der Waals surface area contributed by atoms with Crippen molar-refractivity contribution in [2.45, 2.75) is 19.4 Å². The molecule has 0 aromatic heterocycles. The Balaban J connectivity index is 2.50. The van der Waals surface area contributed by atoms with Gasteiger partial charge in [0.2, 0.25) is 12.2 Å². The molecule has 0 atom stereocenters. The summed E-state index contributed by atoms with van der Waals surface area (Å²) in [6.45, 7) is 3.87. The lowest BCUT2D eigenvalue weighted by atomic mass is 9.98. The highest BCUT2D eigenvalue weighted by atomic mass is 16.5. The molecule has 1 heterocycles. The third-order valence-electron chi connectivity index (χ3n) is 3.09. The van der Waals surface area contributed by atoms with Crippen molar-refractivity contribution in [3.63, 3.8) is 0 Å². The van der Waals surface area contributed by atoms with Gasteiger partial charge in [-0.15, -0.1) is 4.99 Å². The van der Waals surface area contributed by atoms with Crippen molar-refractivity contribution in [2.24, 2.45) is 4.99 Å². The van der Waals surface area contributed by atoms with Crippen molar-refractivity contribution in [3.05, 3.63) is 35.4 Å². The SMILES string of the molecule is CN(C)C(=NC#N)NC1=CC(C)(C)Oc2ccc(C#N)cc21. The van der Waals surface area contributed by atoms with Crippen LogP contribution in [-0.4, -0.2) is 30.6 Å². The number of nitriles is 2. The molecule has 0 saturated carbocycles. The van der Waals surface area contributed by atoms with Crippen molar-refractivity contribution in [2.75, 3.05) is 14.1 Å². The third kappa shape index (κ3) is 3.18. The summed E-state index contributed by atoms with van der Waals surface area (Å²) < 4.78 is 5.91. The molecule has 6 heteroatoms. The largest absolute Gasteiger partial charge is 0.483 e. The van der Waals surface area contributed by atoms with Gasteiger partial charge in [0.15, 0.2) is 0 Å². The van der Waals surface area contributed by atoms with E-state index < -0.39 is 5.60 Å². The maximum atomic E-state index is 9.08. The number of hydrogen-bond donors (Lipinski definition) is 1. The van der Waals surface area contributed by atoms with Crippen LogP contribution in [0.3, 0.4) is 0 Å². The van der Waals surface area contributed by atoms with E-state index in [-0.39, 0.29) is 0 Å². The van der Waals surface area contributed by atoms with Gasteiger partial charge in [-0.2, -0.15) is 10.5 Å². The van der Waals surface area contributed by atoms with Gasteiger partial charge in [0.1, 0.15) is 11.4 Å². The van der Waals surface area contributed by atoms with Crippen molar-refractivity contribution in [1.82, 2.24) is 10.2 Å². The smallest absolute Gasteiger partial charge is 0.213 e. The number of ether oxygens (including phenoxy) is 1. The maximum absolute atomic E-state index is 9.08. The first-order chi connectivity index (χ1) is 10.4. The Bertz CT molecular complexity index is 732. The van der Waals surface area contributed by atoms with Crippen LogP contribution in [0.25, 0.3) is 5.70 Å². The molecule has 0 saturated heterocycles. The van der Waals surface area contributed by atoms with Crippen molar-refractivity contribution in [3.8, 4) is 18.0 Å². The summed E-state index contributed by atoms with van der Waals surface area (Å²) in [4.78, 5) is 5.48. The molecule has 0 unspecified atom stereocenters. The van der Waals surface area contributed by atoms with Gasteiger partial charge in [-0.25, -0.2) is 0 Å².